The Kier molecular flexibility index (Phi) is 5.80. The highest BCUT2D eigenvalue weighted by atomic mass is 35.5. The largest absolute Gasteiger partial charge is 0.494 e. The number of para-hydroxylation sites is 1. The molecule has 1 spiro atoms. The number of carbonyl (C=O) groups excluding carboxylic acids is 1. The van der Waals surface area contributed by atoms with Crippen molar-refractivity contribution < 1.29 is 19.0 Å². The maximum atomic E-state index is 13.3. The summed E-state index contributed by atoms with van der Waals surface area (Å²) in [7, 11) is 0. The predicted octanol–water partition coefficient (Wildman–Crippen LogP) is 5.04. The quantitative estimate of drug-likeness (QED) is 0.624. The standard InChI is InChI=1S/C24H28ClNO4/c1-23(2,3)17-9-11-18(12-10-17)28-14-5-13-26-21-19(7-4-8-20(21)25)24(22(26)27)29-15-6-16-30-24/h4,7-12H,5-6,13-16H2,1-3H3. The number of nitrogens with zero attached hydrogens (tertiary/aromatic N) is 1. The van der Waals surface area contributed by atoms with Crippen molar-refractivity contribution in [2.45, 2.75) is 44.8 Å². The third-order valence-corrected chi connectivity index (χ3v) is 5.86. The fourth-order valence-corrected chi connectivity index (χ4v) is 4.21. The molecule has 4 rings (SSSR count). The van der Waals surface area contributed by atoms with E-state index in [-0.39, 0.29) is 11.3 Å². The summed E-state index contributed by atoms with van der Waals surface area (Å²) >= 11 is 6.46. The zero-order valence-corrected chi connectivity index (χ0v) is 18.5. The van der Waals surface area contributed by atoms with Gasteiger partial charge in [-0.15, -0.1) is 0 Å². The zero-order valence-electron chi connectivity index (χ0n) is 17.7. The van der Waals surface area contributed by atoms with E-state index in [0.717, 1.165) is 12.2 Å². The predicted molar refractivity (Wildman–Crippen MR) is 117 cm³/mol. The number of carbonyl (C=O) groups is 1. The lowest BCUT2D eigenvalue weighted by atomic mass is 9.87. The molecule has 2 aromatic carbocycles. The lowest BCUT2D eigenvalue weighted by Crippen LogP contribution is -2.47. The van der Waals surface area contributed by atoms with Crippen LogP contribution in [-0.4, -0.2) is 32.3 Å². The van der Waals surface area contributed by atoms with Crippen molar-refractivity contribution in [3.8, 4) is 5.75 Å². The summed E-state index contributed by atoms with van der Waals surface area (Å²) < 4.78 is 17.6. The Morgan fingerprint density at radius 2 is 1.80 bits per heavy atom. The van der Waals surface area contributed by atoms with E-state index < -0.39 is 5.79 Å². The number of fused-ring (bicyclic) bond motifs is 2. The van der Waals surface area contributed by atoms with E-state index in [1.165, 1.54) is 5.56 Å². The molecule has 0 bridgehead atoms. The summed E-state index contributed by atoms with van der Waals surface area (Å²) in [6.45, 7) is 8.50. The number of benzene rings is 2. The Hall–Kier alpha value is -2.08. The molecular weight excluding hydrogens is 402 g/mol. The fourth-order valence-electron chi connectivity index (χ4n) is 3.94. The SMILES string of the molecule is CC(C)(C)c1ccc(OCCCN2C(=O)C3(OCCCO3)c3cccc(Cl)c32)cc1. The van der Waals surface area contributed by atoms with Gasteiger partial charge in [0.15, 0.2) is 0 Å². The van der Waals surface area contributed by atoms with Gasteiger partial charge >= 0.3 is 0 Å². The van der Waals surface area contributed by atoms with Crippen molar-refractivity contribution in [3.63, 3.8) is 0 Å². The minimum absolute atomic E-state index is 0.112. The van der Waals surface area contributed by atoms with Gasteiger partial charge in [-0.2, -0.15) is 0 Å². The minimum atomic E-state index is -1.36. The molecule has 2 heterocycles. The number of hydrogen-bond donors (Lipinski definition) is 0. The third kappa shape index (κ3) is 3.82. The van der Waals surface area contributed by atoms with Crippen LogP contribution in [0, 0.1) is 0 Å². The number of ether oxygens (including phenoxy) is 3. The van der Waals surface area contributed by atoms with Crippen LogP contribution in [0.2, 0.25) is 5.02 Å². The smallest absolute Gasteiger partial charge is 0.292 e. The Morgan fingerprint density at radius 1 is 1.10 bits per heavy atom. The van der Waals surface area contributed by atoms with Gasteiger partial charge in [0.25, 0.3) is 11.7 Å². The summed E-state index contributed by atoms with van der Waals surface area (Å²) in [6, 6.07) is 13.6. The number of halogens is 1. The van der Waals surface area contributed by atoms with Crippen molar-refractivity contribution in [1.82, 2.24) is 0 Å². The van der Waals surface area contributed by atoms with Crippen molar-refractivity contribution in [1.29, 1.82) is 0 Å². The molecule has 1 fully saturated rings. The normalized spacial score (nSPS) is 18.0. The summed E-state index contributed by atoms with van der Waals surface area (Å²) in [6.07, 6.45) is 1.43. The molecular formula is C24H28ClNO4. The molecule has 2 aromatic rings. The molecule has 6 heteroatoms. The van der Waals surface area contributed by atoms with E-state index in [1.807, 2.05) is 24.3 Å². The van der Waals surface area contributed by atoms with E-state index in [0.29, 0.717) is 49.1 Å². The van der Waals surface area contributed by atoms with Gasteiger partial charge in [0, 0.05) is 12.1 Å². The monoisotopic (exact) mass is 429 g/mol. The molecule has 1 amide bonds. The first-order valence-electron chi connectivity index (χ1n) is 10.5. The molecule has 0 N–H and O–H groups in total. The number of amides is 1. The van der Waals surface area contributed by atoms with E-state index in [1.54, 1.807) is 11.0 Å². The zero-order chi connectivity index (χ0) is 21.4. The third-order valence-electron chi connectivity index (χ3n) is 5.55. The highest BCUT2D eigenvalue weighted by molar-refractivity contribution is 6.35. The van der Waals surface area contributed by atoms with Crippen LogP contribution in [0.15, 0.2) is 42.5 Å². The van der Waals surface area contributed by atoms with Gasteiger partial charge in [-0.25, -0.2) is 0 Å². The van der Waals surface area contributed by atoms with Gasteiger partial charge in [-0.1, -0.05) is 56.6 Å². The second-order valence-corrected chi connectivity index (χ2v) is 9.14. The summed E-state index contributed by atoms with van der Waals surface area (Å²) in [4.78, 5) is 14.9. The lowest BCUT2D eigenvalue weighted by Gasteiger charge is -2.32. The molecule has 160 valence electrons. The first-order chi connectivity index (χ1) is 14.3. The summed E-state index contributed by atoms with van der Waals surface area (Å²) in [5.41, 5.74) is 2.75. The van der Waals surface area contributed by atoms with Crippen molar-refractivity contribution in [3.05, 3.63) is 58.6 Å². The van der Waals surface area contributed by atoms with Gasteiger partial charge < -0.3 is 19.1 Å². The molecule has 0 aliphatic carbocycles. The molecule has 5 nitrogen and oxygen atoms in total. The first-order valence-corrected chi connectivity index (χ1v) is 10.8. The van der Waals surface area contributed by atoms with Crippen LogP contribution < -0.4 is 9.64 Å². The van der Waals surface area contributed by atoms with Gasteiger partial charge in [-0.05, 0) is 42.0 Å². The Labute approximate surface area is 182 Å². The number of rotatable bonds is 5. The topological polar surface area (TPSA) is 48.0 Å². The van der Waals surface area contributed by atoms with Crippen molar-refractivity contribution in [2.24, 2.45) is 0 Å². The number of hydrogen-bond acceptors (Lipinski definition) is 4. The Morgan fingerprint density at radius 3 is 2.47 bits per heavy atom. The molecule has 0 atom stereocenters. The molecule has 1 saturated heterocycles. The van der Waals surface area contributed by atoms with Crippen LogP contribution in [0.5, 0.6) is 5.75 Å². The second kappa shape index (κ2) is 8.22. The van der Waals surface area contributed by atoms with Crippen LogP contribution >= 0.6 is 11.6 Å². The van der Waals surface area contributed by atoms with Crippen LogP contribution in [0.25, 0.3) is 0 Å². The van der Waals surface area contributed by atoms with Crippen molar-refractivity contribution in [2.75, 3.05) is 31.3 Å². The van der Waals surface area contributed by atoms with Crippen LogP contribution in [0.3, 0.4) is 0 Å². The second-order valence-electron chi connectivity index (χ2n) is 8.74. The Balaban J connectivity index is 1.42. The van der Waals surface area contributed by atoms with Crippen molar-refractivity contribution >= 4 is 23.2 Å². The maximum Gasteiger partial charge on any atom is 0.292 e. The highest BCUT2D eigenvalue weighted by Gasteiger charge is 2.55. The van der Waals surface area contributed by atoms with Gasteiger partial charge in [0.1, 0.15) is 5.75 Å². The van der Waals surface area contributed by atoms with Crippen LogP contribution in [-0.2, 0) is 25.5 Å². The summed E-state index contributed by atoms with van der Waals surface area (Å²) in [5, 5.41) is 0.522. The van der Waals surface area contributed by atoms with E-state index in [9.17, 15) is 4.79 Å². The number of anilines is 1. The van der Waals surface area contributed by atoms with Gasteiger partial charge in [0.05, 0.1) is 30.5 Å². The first kappa shape index (κ1) is 21.2. The molecule has 30 heavy (non-hydrogen) atoms. The average molecular weight is 430 g/mol. The lowest BCUT2D eigenvalue weighted by molar-refractivity contribution is -0.256. The Bertz CT molecular complexity index is 914. The van der Waals surface area contributed by atoms with Crippen LogP contribution in [0.4, 0.5) is 5.69 Å². The maximum absolute atomic E-state index is 13.3. The molecule has 0 saturated carbocycles. The minimum Gasteiger partial charge on any atom is -0.494 e. The van der Waals surface area contributed by atoms with Gasteiger partial charge in [0.2, 0.25) is 0 Å². The van der Waals surface area contributed by atoms with E-state index in [4.69, 9.17) is 25.8 Å². The van der Waals surface area contributed by atoms with E-state index in [2.05, 4.69) is 32.9 Å². The molecule has 0 aromatic heterocycles. The highest BCUT2D eigenvalue weighted by Crippen LogP contribution is 2.48. The van der Waals surface area contributed by atoms with Gasteiger partial charge in [-0.3, -0.25) is 4.79 Å². The summed E-state index contributed by atoms with van der Waals surface area (Å²) in [5.74, 6) is -0.744. The molecule has 2 aliphatic heterocycles. The van der Waals surface area contributed by atoms with Crippen LogP contribution in [0.1, 0.15) is 44.7 Å². The average Bonchev–Trinajstić information content (AvgIpc) is 2.95. The molecule has 0 unspecified atom stereocenters. The van der Waals surface area contributed by atoms with E-state index >= 15 is 0 Å². The molecule has 2 aliphatic rings. The molecule has 0 radical (unpaired) electrons. The fraction of sp³-hybridized carbons (Fsp3) is 0.458.